The number of carbonyl (C=O) groups excluding carboxylic acids is 1. The minimum Gasteiger partial charge on any atom is -0.508 e. The van der Waals surface area contributed by atoms with Gasteiger partial charge in [-0.25, -0.2) is 13.6 Å². The summed E-state index contributed by atoms with van der Waals surface area (Å²) >= 11 is 0. The zero-order valence-electron chi connectivity index (χ0n) is 19.5. The molecule has 8 heteroatoms. The first-order valence-corrected chi connectivity index (χ1v) is 11.6. The number of phenolic OH excluding ortho intramolecular Hbond substituents is 1. The molecule has 34 heavy (non-hydrogen) atoms. The van der Waals surface area contributed by atoms with Gasteiger partial charge in [0.15, 0.2) is 0 Å². The summed E-state index contributed by atoms with van der Waals surface area (Å²) < 4.78 is 28.6. The molecule has 0 aliphatic carbocycles. The number of halogens is 2. The van der Waals surface area contributed by atoms with Crippen molar-refractivity contribution in [1.29, 1.82) is 0 Å². The van der Waals surface area contributed by atoms with Gasteiger partial charge in [-0.15, -0.1) is 0 Å². The highest BCUT2D eigenvalue weighted by molar-refractivity contribution is 5.79. The van der Waals surface area contributed by atoms with E-state index in [1.165, 1.54) is 12.1 Å². The number of amides is 2. The smallest absolute Gasteiger partial charge is 0.321 e. The molecule has 2 aromatic carbocycles. The zero-order valence-corrected chi connectivity index (χ0v) is 19.5. The third kappa shape index (κ3) is 4.52. The molecule has 2 amide bonds. The first kappa shape index (κ1) is 24.2. The van der Waals surface area contributed by atoms with Gasteiger partial charge < -0.3 is 24.9 Å². The normalized spacial score (nSPS) is 21.9. The minimum absolute atomic E-state index is 0.0149. The lowest BCUT2D eigenvalue weighted by atomic mass is 9.81. The summed E-state index contributed by atoms with van der Waals surface area (Å²) in [5.41, 5.74) is -0.245. The molecule has 2 heterocycles. The van der Waals surface area contributed by atoms with Gasteiger partial charge in [0.25, 0.3) is 0 Å². The molecular formula is C26H31F2N3O3. The third-order valence-corrected chi connectivity index (χ3v) is 7.13. The Kier molecular flexibility index (Phi) is 6.91. The van der Waals surface area contributed by atoms with E-state index < -0.39 is 23.8 Å². The summed E-state index contributed by atoms with van der Waals surface area (Å²) in [4.78, 5) is 19.3. The van der Waals surface area contributed by atoms with Crippen molar-refractivity contribution in [2.75, 3.05) is 40.3 Å². The fourth-order valence-electron chi connectivity index (χ4n) is 5.06. The standard InChI is InChI=1S/C26H31F2N3O3/c1-29-11-9-21(10-12-29)30(2)25(34)31-13-8-18(23-15-20(27)6-7-24(23)28)16-26(31,17-32)19-4-3-5-22(33)14-19/h3-7,14-16,21,32-33H,8-13,17H2,1-2H3. The van der Waals surface area contributed by atoms with E-state index in [1.807, 2.05) is 0 Å². The Morgan fingerprint density at radius 2 is 1.88 bits per heavy atom. The molecule has 1 atom stereocenters. The first-order valence-electron chi connectivity index (χ1n) is 11.6. The average molecular weight is 472 g/mol. The summed E-state index contributed by atoms with van der Waals surface area (Å²) in [6.45, 7) is 1.50. The Balaban J connectivity index is 1.78. The molecule has 0 saturated carbocycles. The highest BCUT2D eigenvalue weighted by Gasteiger charge is 2.44. The molecular weight excluding hydrogens is 440 g/mol. The van der Waals surface area contributed by atoms with Gasteiger partial charge in [0.2, 0.25) is 0 Å². The molecule has 1 unspecified atom stereocenters. The number of aromatic hydroxyl groups is 1. The van der Waals surface area contributed by atoms with E-state index >= 15 is 0 Å². The van der Waals surface area contributed by atoms with Gasteiger partial charge in [0.05, 0.1) is 6.61 Å². The number of aliphatic hydroxyl groups excluding tert-OH is 1. The number of benzene rings is 2. The molecule has 182 valence electrons. The molecule has 6 nitrogen and oxygen atoms in total. The van der Waals surface area contributed by atoms with E-state index in [9.17, 15) is 23.8 Å². The fraction of sp³-hybridized carbons (Fsp3) is 0.423. The summed E-state index contributed by atoms with van der Waals surface area (Å²) in [5, 5.41) is 20.9. The van der Waals surface area contributed by atoms with E-state index in [-0.39, 0.29) is 29.9 Å². The Bertz CT molecular complexity index is 1080. The van der Waals surface area contributed by atoms with Crippen LogP contribution >= 0.6 is 0 Å². The third-order valence-electron chi connectivity index (χ3n) is 7.13. The van der Waals surface area contributed by atoms with E-state index in [1.54, 1.807) is 35.1 Å². The lowest BCUT2D eigenvalue weighted by Gasteiger charge is -2.47. The second-order valence-electron chi connectivity index (χ2n) is 9.26. The summed E-state index contributed by atoms with van der Waals surface area (Å²) in [5.74, 6) is -1.15. The molecule has 2 aliphatic rings. The predicted octanol–water partition coefficient (Wildman–Crippen LogP) is 3.79. The van der Waals surface area contributed by atoms with Gasteiger partial charge >= 0.3 is 6.03 Å². The van der Waals surface area contributed by atoms with Crippen LogP contribution in [0.4, 0.5) is 13.6 Å². The van der Waals surface area contributed by atoms with Crippen molar-refractivity contribution in [2.45, 2.75) is 30.8 Å². The van der Waals surface area contributed by atoms with Crippen LogP contribution < -0.4 is 0 Å². The number of likely N-dealkylation sites (tertiary alicyclic amines) is 1. The second kappa shape index (κ2) is 9.72. The van der Waals surface area contributed by atoms with Crippen molar-refractivity contribution in [3.05, 3.63) is 71.3 Å². The minimum atomic E-state index is -1.35. The predicted molar refractivity (Wildman–Crippen MR) is 126 cm³/mol. The van der Waals surface area contributed by atoms with Crippen LogP contribution in [0.5, 0.6) is 5.75 Å². The Hall–Kier alpha value is -2.97. The molecule has 0 aromatic heterocycles. The van der Waals surface area contributed by atoms with Crippen molar-refractivity contribution < 1.29 is 23.8 Å². The number of aliphatic hydroxyl groups is 1. The van der Waals surface area contributed by atoms with E-state index in [0.29, 0.717) is 17.6 Å². The number of rotatable bonds is 4. The van der Waals surface area contributed by atoms with Gasteiger partial charge in [-0.1, -0.05) is 12.1 Å². The molecule has 4 rings (SSSR count). The molecule has 2 N–H and O–H groups in total. The van der Waals surface area contributed by atoms with Crippen LogP contribution in [0, 0.1) is 11.6 Å². The van der Waals surface area contributed by atoms with E-state index in [0.717, 1.165) is 44.1 Å². The first-order chi connectivity index (χ1) is 16.2. The van der Waals surface area contributed by atoms with Gasteiger partial charge in [-0.3, -0.25) is 0 Å². The van der Waals surface area contributed by atoms with Crippen LogP contribution in [0.2, 0.25) is 0 Å². The maximum Gasteiger partial charge on any atom is 0.321 e. The number of phenols is 1. The van der Waals surface area contributed by atoms with Gasteiger partial charge in [0, 0.05) is 25.2 Å². The van der Waals surface area contributed by atoms with Crippen molar-refractivity contribution in [3.8, 4) is 5.75 Å². The lowest BCUT2D eigenvalue weighted by Crippen LogP contribution is -2.58. The molecule has 0 radical (unpaired) electrons. The van der Waals surface area contributed by atoms with Crippen molar-refractivity contribution >= 4 is 11.6 Å². The summed E-state index contributed by atoms with van der Waals surface area (Å²) in [6, 6.07) is 9.43. The fourth-order valence-corrected chi connectivity index (χ4v) is 5.06. The second-order valence-corrected chi connectivity index (χ2v) is 9.26. The Morgan fingerprint density at radius 3 is 2.56 bits per heavy atom. The highest BCUT2D eigenvalue weighted by Crippen LogP contribution is 2.41. The van der Waals surface area contributed by atoms with Gasteiger partial charge in [0.1, 0.15) is 22.9 Å². The van der Waals surface area contributed by atoms with Crippen LogP contribution in [0.1, 0.15) is 30.4 Å². The van der Waals surface area contributed by atoms with E-state index in [2.05, 4.69) is 11.9 Å². The van der Waals surface area contributed by atoms with Crippen LogP contribution in [0.3, 0.4) is 0 Å². The summed E-state index contributed by atoms with van der Waals surface area (Å²) in [7, 11) is 3.83. The average Bonchev–Trinajstić information content (AvgIpc) is 2.84. The number of hydrogen-bond donors (Lipinski definition) is 2. The maximum absolute atomic E-state index is 14.6. The molecule has 2 aliphatic heterocycles. The molecule has 1 saturated heterocycles. The van der Waals surface area contributed by atoms with Crippen molar-refractivity contribution in [2.24, 2.45) is 0 Å². The van der Waals surface area contributed by atoms with Crippen molar-refractivity contribution in [3.63, 3.8) is 0 Å². The number of hydrogen-bond acceptors (Lipinski definition) is 4. The number of carbonyl (C=O) groups is 1. The Labute approximate surface area is 198 Å². The zero-order chi connectivity index (χ0) is 24.5. The number of urea groups is 1. The molecule has 1 fully saturated rings. The van der Waals surface area contributed by atoms with Gasteiger partial charge in [-0.2, -0.15) is 0 Å². The van der Waals surface area contributed by atoms with Crippen LogP contribution in [-0.4, -0.2) is 77.3 Å². The topological polar surface area (TPSA) is 67.2 Å². The molecule has 0 bridgehead atoms. The SMILES string of the molecule is CN1CCC(N(C)C(=O)N2CCC(c3cc(F)ccc3F)=CC2(CO)c2cccc(O)c2)CC1. The quantitative estimate of drug-likeness (QED) is 0.712. The molecule has 2 aromatic rings. The monoisotopic (exact) mass is 471 g/mol. The highest BCUT2D eigenvalue weighted by atomic mass is 19.1. The number of nitrogens with zero attached hydrogens (tertiary/aromatic N) is 3. The van der Waals surface area contributed by atoms with E-state index in [4.69, 9.17) is 0 Å². The van der Waals surface area contributed by atoms with Crippen LogP contribution in [0.15, 0.2) is 48.5 Å². The van der Waals surface area contributed by atoms with Crippen molar-refractivity contribution in [1.82, 2.24) is 14.7 Å². The maximum atomic E-state index is 14.6. The Morgan fingerprint density at radius 1 is 1.15 bits per heavy atom. The van der Waals surface area contributed by atoms with Gasteiger partial charge in [-0.05, 0) is 86.9 Å². The number of piperidine rings is 1. The lowest BCUT2D eigenvalue weighted by molar-refractivity contribution is 0.0538. The summed E-state index contributed by atoms with van der Waals surface area (Å²) in [6.07, 6.45) is 3.64. The molecule has 0 spiro atoms. The largest absolute Gasteiger partial charge is 0.508 e. The van der Waals surface area contributed by atoms with Crippen LogP contribution in [0.25, 0.3) is 5.57 Å². The van der Waals surface area contributed by atoms with Crippen LogP contribution in [-0.2, 0) is 5.54 Å².